The van der Waals surface area contributed by atoms with Gasteiger partial charge in [0.25, 0.3) is 5.56 Å². The van der Waals surface area contributed by atoms with Crippen LogP contribution in [0, 0.1) is 6.92 Å². The molecule has 0 spiro atoms. The highest BCUT2D eigenvalue weighted by molar-refractivity contribution is 7.15. The Morgan fingerprint density at radius 1 is 1.00 bits per heavy atom. The second kappa shape index (κ2) is 7.18. The highest BCUT2D eigenvalue weighted by Crippen LogP contribution is 2.21. The van der Waals surface area contributed by atoms with E-state index in [9.17, 15) is 4.79 Å². The maximum absolute atomic E-state index is 13.0. The van der Waals surface area contributed by atoms with Crippen LogP contribution in [0.15, 0.2) is 77.6 Å². The molecule has 5 heteroatoms. The van der Waals surface area contributed by atoms with Gasteiger partial charge in [-0.2, -0.15) is 0 Å². The molecule has 0 bridgehead atoms. The van der Waals surface area contributed by atoms with Crippen LogP contribution < -0.4 is 14.8 Å². The molecule has 29 heavy (non-hydrogen) atoms. The largest absolute Gasteiger partial charge is 0.488 e. The number of aryl methyl sites for hydroxylation is 1. The zero-order chi connectivity index (χ0) is 19.8. The van der Waals surface area contributed by atoms with Crippen molar-refractivity contribution in [3.63, 3.8) is 0 Å². The number of imidazole rings is 1. The molecule has 142 valence electrons. The minimum atomic E-state index is -0.0490. The molecule has 0 saturated carbocycles. The first kappa shape index (κ1) is 17.6. The van der Waals surface area contributed by atoms with Gasteiger partial charge in [-0.15, -0.1) is 0 Å². The molecule has 0 radical (unpaired) electrons. The van der Waals surface area contributed by atoms with Crippen LogP contribution in [0.25, 0.3) is 22.1 Å². The summed E-state index contributed by atoms with van der Waals surface area (Å²) in [5, 5.41) is 0. The standard InChI is InChI=1S/C24H18N2O2S/c1-16-10-12-17(13-11-16)15-28-21-9-5-2-6-18(21)14-22-23(27)26-20-8-4-3-7-19(20)25-24(26)29-22/h2-14H,15H2,1H3/b22-14-. The van der Waals surface area contributed by atoms with Gasteiger partial charge in [0.05, 0.1) is 15.6 Å². The molecule has 0 saturated heterocycles. The molecule has 5 aromatic rings. The van der Waals surface area contributed by atoms with Gasteiger partial charge >= 0.3 is 0 Å². The third kappa shape index (κ3) is 3.30. The van der Waals surface area contributed by atoms with Gasteiger partial charge < -0.3 is 4.74 Å². The molecule has 4 nitrogen and oxygen atoms in total. The summed E-state index contributed by atoms with van der Waals surface area (Å²) in [5.41, 5.74) is 4.84. The van der Waals surface area contributed by atoms with Crippen molar-refractivity contribution < 1.29 is 4.74 Å². The van der Waals surface area contributed by atoms with E-state index in [-0.39, 0.29) is 5.56 Å². The molecule has 0 N–H and O–H groups in total. The first-order chi connectivity index (χ1) is 14.2. The number of hydrogen-bond donors (Lipinski definition) is 0. The summed E-state index contributed by atoms with van der Waals surface area (Å²) in [5.74, 6) is 0.753. The topological polar surface area (TPSA) is 43.6 Å². The second-order valence-corrected chi connectivity index (χ2v) is 7.96. The normalized spacial score (nSPS) is 12.1. The van der Waals surface area contributed by atoms with Crippen molar-refractivity contribution >= 4 is 33.4 Å². The number of ether oxygens (including phenoxy) is 1. The molecule has 0 atom stereocenters. The van der Waals surface area contributed by atoms with Gasteiger partial charge in [-0.3, -0.25) is 4.79 Å². The van der Waals surface area contributed by atoms with Crippen molar-refractivity contribution in [2.75, 3.05) is 0 Å². The maximum atomic E-state index is 13.0. The Balaban J connectivity index is 1.53. The summed E-state index contributed by atoms with van der Waals surface area (Å²) in [6, 6.07) is 23.8. The summed E-state index contributed by atoms with van der Waals surface area (Å²) in [4.78, 5) is 18.3. The Bertz CT molecular complexity index is 1430. The van der Waals surface area contributed by atoms with Gasteiger partial charge in [-0.1, -0.05) is 71.5 Å². The molecule has 3 aromatic carbocycles. The third-order valence-electron chi connectivity index (χ3n) is 4.87. The highest BCUT2D eigenvalue weighted by Gasteiger charge is 2.11. The molecule has 0 amide bonds. The lowest BCUT2D eigenvalue weighted by Gasteiger charge is -2.09. The number of nitrogens with zero attached hydrogens (tertiary/aromatic N) is 2. The van der Waals surface area contributed by atoms with Crippen LogP contribution in [-0.2, 0) is 6.61 Å². The SMILES string of the molecule is Cc1ccc(COc2ccccc2/C=c2\sc3nc4ccccc4n3c2=O)cc1. The average molecular weight is 398 g/mol. The van der Waals surface area contributed by atoms with E-state index in [4.69, 9.17) is 4.74 Å². The molecule has 0 aliphatic rings. The van der Waals surface area contributed by atoms with Gasteiger partial charge in [0, 0.05) is 5.56 Å². The molecule has 0 aliphatic carbocycles. The number of fused-ring (bicyclic) bond motifs is 3. The fraction of sp³-hybridized carbons (Fsp3) is 0.0833. The lowest BCUT2D eigenvalue weighted by molar-refractivity contribution is 0.305. The highest BCUT2D eigenvalue weighted by atomic mass is 32.1. The first-order valence-electron chi connectivity index (χ1n) is 9.38. The van der Waals surface area contributed by atoms with E-state index < -0.39 is 0 Å². The fourth-order valence-corrected chi connectivity index (χ4v) is 4.31. The predicted molar refractivity (Wildman–Crippen MR) is 118 cm³/mol. The Hall–Kier alpha value is -3.44. The van der Waals surface area contributed by atoms with E-state index in [1.165, 1.54) is 16.9 Å². The van der Waals surface area contributed by atoms with Crippen molar-refractivity contribution in [3.05, 3.63) is 104 Å². The molecular formula is C24H18N2O2S. The van der Waals surface area contributed by atoms with E-state index in [1.807, 2.05) is 54.6 Å². The smallest absolute Gasteiger partial charge is 0.274 e. The van der Waals surface area contributed by atoms with E-state index in [2.05, 4.69) is 36.2 Å². The zero-order valence-corrected chi connectivity index (χ0v) is 16.6. The van der Waals surface area contributed by atoms with Gasteiger partial charge in [0.2, 0.25) is 0 Å². The maximum Gasteiger partial charge on any atom is 0.274 e. The van der Waals surface area contributed by atoms with Crippen molar-refractivity contribution in [3.8, 4) is 5.75 Å². The molecule has 0 unspecified atom stereocenters. The lowest BCUT2D eigenvalue weighted by Crippen LogP contribution is -2.22. The van der Waals surface area contributed by atoms with Gasteiger partial charge in [-0.25, -0.2) is 9.38 Å². The first-order valence-corrected chi connectivity index (χ1v) is 10.2. The fourth-order valence-electron chi connectivity index (χ4n) is 3.33. The molecule has 0 fully saturated rings. The zero-order valence-electron chi connectivity index (χ0n) is 15.8. The minimum absolute atomic E-state index is 0.0490. The van der Waals surface area contributed by atoms with Crippen LogP contribution in [0.2, 0.25) is 0 Å². The Labute approximate surface area is 171 Å². The van der Waals surface area contributed by atoms with Crippen molar-refractivity contribution in [1.29, 1.82) is 0 Å². The number of rotatable bonds is 4. The van der Waals surface area contributed by atoms with Crippen molar-refractivity contribution in [2.45, 2.75) is 13.5 Å². The molecule has 0 aliphatic heterocycles. The summed E-state index contributed by atoms with van der Waals surface area (Å²) in [7, 11) is 0. The second-order valence-electron chi connectivity index (χ2n) is 6.95. The molecule has 2 aromatic heterocycles. The van der Waals surface area contributed by atoms with E-state index in [1.54, 1.807) is 4.40 Å². The van der Waals surface area contributed by atoms with Crippen LogP contribution >= 0.6 is 11.3 Å². The summed E-state index contributed by atoms with van der Waals surface area (Å²) in [6.07, 6.45) is 1.89. The molecule has 5 rings (SSSR count). The van der Waals surface area contributed by atoms with Crippen LogP contribution in [0.5, 0.6) is 5.75 Å². The Kier molecular flexibility index (Phi) is 4.37. The van der Waals surface area contributed by atoms with E-state index >= 15 is 0 Å². The van der Waals surface area contributed by atoms with Crippen LogP contribution in [-0.4, -0.2) is 9.38 Å². The predicted octanol–water partition coefficient (Wildman–Crippen LogP) is 4.34. The summed E-state index contributed by atoms with van der Waals surface area (Å²) < 4.78 is 8.38. The molecular weight excluding hydrogens is 380 g/mol. The lowest BCUT2D eigenvalue weighted by atomic mass is 10.1. The van der Waals surface area contributed by atoms with Gasteiger partial charge in [0.15, 0.2) is 4.96 Å². The van der Waals surface area contributed by atoms with Crippen molar-refractivity contribution in [2.24, 2.45) is 0 Å². The minimum Gasteiger partial charge on any atom is -0.488 e. The van der Waals surface area contributed by atoms with Gasteiger partial charge in [-0.05, 0) is 36.8 Å². The quantitative estimate of drug-likeness (QED) is 0.452. The van der Waals surface area contributed by atoms with Crippen LogP contribution in [0.3, 0.4) is 0 Å². The average Bonchev–Trinajstić information content (AvgIpc) is 3.25. The van der Waals surface area contributed by atoms with Crippen LogP contribution in [0.1, 0.15) is 16.7 Å². The number of aromatic nitrogens is 2. The Morgan fingerprint density at radius 3 is 2.62 bits per heavy atom. The summed E-state index contributed by atoms with van der Waals surface area (Å²) >= 11 is 1.40. The van der Waals surface area contributed by atoms with E-state index in [0.717, 1.165) is 27.9 Å². The van der Waals surface area contributed by atoms with Crippen molar-refractivity contribution in [1.82, 2.24) is 9.38 Å². The number of thiazole rings is 1. The van der Waals surface area contributed by atoms with Crippen LogP contribution in [0.4, 0.5) is 0 Å². The molecule has 2 heterocycles. The monoisotopic (exact) mass is 398 g/mol. The third-order valence-corrected chi connectivity index (χ3v) is 5.83. The summed E-state index contributed by atoms with van der Waals surface area (Å²) in [6.45, 7) is 2.55. The number of para-hydroxylation sites is 3. The van der Waals surface area contributed by atoms with Gasteiger partial charge in [0.1, 0.15) is 12.4 Å². The Morgan fingerprint density at radius 2 is 1.76 bits per heavy atom. The van der Waals surface area contributed by atoms with E-state index in [0.29, 0.717) is 16.1 Å². The number of hydrogen-bond acceptors (Lipinski definition) is 4. The number of benzene rings is 3.